The number of hydrogen-bond acceptors (Lipinski definition) is 2. The average molecular weight is 173 g/mol. The molecule has 1 unspecified atom stereocenters. The van der Waals surface area contributed by atoms with Gasteiger partial charge in [-0.3, -0.25) is 0 Å². The first kappa shape index (κ1) is 11.9. The van der Waals surface area contributed by atoms with Crippen LogP contribution in [0.3, 0.4) is 0 Å². The molecule has 0 aliphatic heterocycles. The Morgan fingerprint density at radius 1 is 1.17 bits per heavy atom. The highest BCUT2D eigenvalue weighted by Crippen LogP contribution is 2.00. The first-order chi connectivity index (χ1) is 5.74. The van der Waals surface area contributed by atoms with E-state index in [9.17, 15) is 5.11 Å². The van der Waals surface area contributed by atoms with Crippen LogP contribution in [0.1, 0.15) is 40.0 Å². The van der Waals surface area contributed by atoms with Gasteiger partial charge in [-0.05, 0) is 25.9 Å². The maximum Gasteiger partial charge on any atom is 0.0667 e. The van der Waals surface area contributed by atoms with Gasteiger partial charge in [0.15, 0.2) is 0 Å². The zero-order chi connectivity index (χ0) is 9.40. The van der Waals surface area contributed by atoms with Gasteiger partial charge >= 0.3 is 0 Å². The highest BCUT2D eigenvalue weighted by Gasteiger charge is 2.07. The zero-order valence-corrected chi connectivity index (χ0v) is 8.71. The van der Waals surface area contributed by atoms with Crippen LogP contribution >= 0.6 is 0 Å². The van der Waals surface area contributed by atoms with Crippen molar-refractivity contribution in [3.8, 4) is 0 Å². The van der Waals surface area contributed by atoms with Crippen molar-refractivity contribution < 1.29 is 5.11 Å². The summed E-state index contributed by atoms with van der Waals surface area (Å²) in [5, 5.41) is 9.54. The molecule has 0 saturated carbocycles. The minimum atomic E-state index is -0.124. The van der Waals surface area contributed by atoms with E-state index in [0.29, 0.717) is 0 Å². The maximum absolute atomic E-state index is 9.54. The fourth-order valence-electron chi connectivity index (χ4n) is 1.42. The molecule has 0 amide bonds. The van der Waals surface area contributed by atoms with Gasteiger partial charge in [0.25, 0.3) is 0 Å². The number of hydrogen-bond donors (Lipinski definition) is 1. The van der Waals surface area contributed by atoms with Crippen molar-refractivity contribution in [1.82, 2.24) is 4.90 Å². The van der Waals surface area contributed by atoms with Crippen LogP contribution in [0.2, 0.25) is 0 Å². The smallest absolute Gasteiger partial charge is 0.0667 e. The molecule has 0 rings (SSSR count). The van der Waals surface area contributed by atoms with Gasteiger partial charge in [0.2, 0.25) is 0 Å². The van der Waals surface area contributed by atoms with E-state index >= 15 is 0 Å². The van der Waals surface area contributed by atoms with Crippen LogP contribution in [0, 0.1) is 0 Å². The van der Waals surface area contributed by atoms with Gasteiger partial charge in [0.05, 0.1) is 6.10 Å². The summed E-state index contributed by atoms with van der Waals surface area (Å²) < 4.78 is 0. The molecule has 0 fully saturated rings. The lowest BCUT2D eigenvalue weighted by molar-refractivity contribution is 0.107. The topological polar surface area (TPSA) is 23.5 Å². The summed E-state index contributed by atoms with van der Waals surface area (Å²) in [5.41, 5.74) is 0. The minimum absolute atomic E-state index is 0.124. The predicted molar refractivity (Wildman–Crippen MR) is 53.3 cm³/mol. The van der Waals surface area contributed by atoms with Crippen LogP contribution in [-0.4, -0.2) is 35.7 Å². The molecular formula is C10H23NO. The monoisotopic (exact) mass is 173 g/mol. The molecule has 12 heavy (non-hydrogen) atoms. The summed E-state index contributed by atoms with van der Waals surface area (Å²) in [5.74, 6) is 0. The number of aliphatic hydroxyl groups excluding tert-OH is 1. The first-order valence-corrected chi connectivity index (χ1v) is 5.14. The number of aliphatic hydroxyl groups is 1. The normalized spacial score (nSPS) is 13.8. The molecule has 2 nitrogen and oxygen atoms in total. The van der Waals surface area contributed by atoms with Crippen LogP contribution in [0.5, 0.6) is 0 Å². The average Bonchev–Trinajstić information content (AvgIpc) is 2.04. The van der Waals surface area contributed by atoms with E-state index in [1.165, 1.54) is 6.42 Å². The lowest BCUT2D eigenvalue weighted by Crippen LogP contribution is -2.32. The summed E-state index contributed by atoms with van der Waals surface area (Å²) in [6.07, 6.45) is 3.05. The Hall–Kier alpha value is -0.0800. The first-order valence-electron chi connectivity index (χ1n) is 5.14. The lowest BCUT2D eigenvalue weighted by atomic mass is 10.2. The molecule has 0 heterocycles. The molecule has 0 bridgehead atoms. The summed E-state index contributed by atoms with van der Waals surface area (Å²) in [4.78, 5) is 2.31. The second-order valence-corrected chi connectivity index (χ2v) is 3.34. The summed E-state index contributed by atoms with van der Waals surface area (Å²) in [7, 11) is 0. The molecule has 0 aromatic rings. The highest BCUT2D eigenvalue weighted by atomic mass is 16.3. The Morgan fingerprint density at radius 3 is 2.25 bits per heavy atom. The van der Waals surface area contributed by atoms with Crippen LogP contribution in [-0.2, 0) is 0 Å². The van der Waals surface area contributed by atoms with Crippen molar-refractivity contribution in [3.05, 3.63) is 0 Å². The van der Waals surface area contributed by atoms with Crippen LogP contribution in [0.15, 0.2) is 0 Å². The Bertz CT molecular complexity index is 95.8. The van der Waals surface area contributed by atoms with Crippen molar-refractivity contribution in [2.24, 2.45) is 0 Å². The third-order valence-corrected chi connectivity index (χ3v) is 2.08. The molecule has 1 N–H and O–H groups in total. The van der Waals surface area contributed by atoms with Crippen molar-refractivity contribution in [2.45, 2.75) is 46.1 Å². The quantitative estimate of drug-likeness (QED) is 0.635. The van der Waals surface area contributed by atoms with E-state index in [4.69, 9.17) is 0 Å². The zero-order valence-electron chi connectivity index (χ0n) is 8.71. The van der Waals surface area contributed by atoms with E-state index in [1.807, 2.05) is 0 Å². The fourth-order valence-corrected chi connectivity index (χ4v) is 1.42. The molecule has 1 atom stereocenters. The van der Waals surface area contributed by atoms with E-state index in [1.54, 1.807) is 0 Å². The van der Waals surface area contributed by atoms with Gasteiger partial charge < -0.3 is 10.0 Å². The Kier molecular flexibility index (Phi) is 7.51. The lowest BCUT2D eigenvalue weighted by Gasteiger charge is -2.22. The Morgan fingerprint density at radius 2 is 1.83 bits per heavy atom. The van der Waals surface area contributed by atoms with E-state index in [2.05, 4.69) is 25.7 Å². The third kappa shape index (κ3) is 5.56. The van der Waals surface area contributed by atoms with Crippen molar-refractivity contribution >= 4 is 0 Å². The molecule has 0 aromatic heterocycles. The second-order valence-electron chi connectivity index (χ2n) is 3.34. The molecule has 0 saturated heterocycles. The molecular weight excluding hydrogens is 150 g/mol. The van der Waals surface area contributed by atoms with Crippen molar-refractivity contribution in [1.29, 1.82) is 0 Å². The standard InChI is InChI=1S/C10H23NO/c1-4-7-10(12)9-11(6-3)8-5-2/h10,12H,4-9H2,1-3H3. The molecule has 0 aliphatic rings. The summed E-state index contributed by atoms with van der Waals surface area (Å²) in [6, 6.07) is 0. The highest BCUT2D eigenvalue weighted by molar-refractivity contribution is 4.62. The summed E-state index contributed by atoms with van der Waals surface area (Å²) in [6.45, 7) is 9.44. The Labute approximate surface area is 76.6 Å². The van der Waals surface area contributed by atoms with Crippen molar-refractivity contribution in [2.75, 3.05) is 19.6 Å². The van der Waals surface area contributed by atoms with Crippen LogP contribution in [0.4, 0.5) is 0 Å². The minimum Gasteiger partial charge on any atom is -0.392 e. The van der Waals surface area contributed by atoms with E-state index in [0.717, 1.165) is 32.5 Å². The fraction of sp³-hybridized carbons (Fsp3) is 1.00. The Balaban J connectivity index is 3.53. The number of rotatable bonds is 7. The van der Waals surface area contributed by atoms with Crippen LogP contribution in [0.25, 0.3) is 0 Å². The van der Waals surface area contributed by atoms with Gasteiger partial charge in [-0.25, -0.2) is 0 Å². The van der Waals surface area contributed by atoms with E-state index < -0.39 is 0 Å². The number of likely N-dealkylation sites (N-methyl/N-ethyl adjacent to an activating group) is 1. The number of nitrogens with zero attached hydrogens (tertiary/aromatic N) is 1. The van der Waals surface area contributed by atoms with Gasteiger partial charge in [0, 0.05) is 6.54 Å². The third-order valence-electron chi connectivity index (χ3n) is 2.08. The molecule has 74 valence electrons. The van der Waals surface area contributed by atoms with Crippen LogP contribution < -0.4 is 0 Å². The second kappa shape index (κ2) is 7.56. The van der Waals surface area contributed by atoms with Crippen molar-refractivity contribution in [3.63, 3.8) is 0 Å². The van der Waals surface area contributed by atoms with Gasteiger partial charge in [-0.1, -0.05) is 27.2 Å². The largest absolute Gasteiger partial charge is 0.392 e. The summed E-state index contributed by atoms with van der Waals surface area (Å²) >= 11 is 0. The maximum atomic E-state index is 9.54. The SMILES string of the molecule is CCCC(O)CN(CC)CCC. The molecule has 0 radical (unpaired) electrons. The van der Waals surface area contributed by atoms with Gasteiger partial charge in [-0.2, -0.15) is 0 Å². The molecule has 0 aromatic carbocycles. The van der Waals surface area contributed by atoms with Gasteiger partial charge in [-0.15, -0.1) is 0 Å². The predicted octanol–water partition coefficient (Wildman–Crippen LogP) is 1.88. The molecule has 0 aliphatic carbocycles. The van der Waals surface area contributed by atoms with Gasteiger partial charge in [0.1, 0.15) is 0 Å². The molecule has 0 spiro atoms. The van der Waals surface area contributed by atoms with E-state index in [-0.39, 0.29) is 6.10 Å². The molecule has 2 heteroatoms.